The predicted molar refractivity (Wildman–Crippen MR) is 167 cm³/mol. The molecule has 0 spiro atoms. The normalized spacial score (nSPS) is 10.9. The number of para-hydroxylation sites is 2. The van der Waals surface area contributed by atoms with Gasteiger partial charge in [-0.3, -0.25) is 9.59 Å². The van der Waals surface area contributed by atoms with Gasteiger partial charge in [-0.05, 0) is 64.6 Å². The van der Waals surface area contributed by atoms with E-state index in [0.29, 0.717) is 11.3 Å². The first-order valence-electron chi connectivity index (χ1n) is 12.7. The highest BCUT2D eigenvalue weighted by molar-refractivity contribution is 14.1. The van der Waals surface area contributed by atoms with E-state index in [2.05, 4.69) is 38.1 Å². The highest BCUT2D eigenvalue weighted by atomic mass is 127. The molecule has 4 aromatic carbocycles. The lowest BCUT2D eigenvalue weighted by molar-refractivity contribution is -0.132. The fourth-order valence-electron chi connectivity index (χ4n) is 4.35. The maximum atomic E-state index is 13.3. The largest absolute Gasteiger partial charge is 0.493 e. The van der Waals surface area contributed by atoms with E-state index in [-0.39, 0.29) is 22.8 Å². The standard InChI is InChI=1S/C32H24IN3O6/c1-19(37)41-26-16-15-21(17-27(26)40-2)32(39)42-25-14-7-6-11-22(25)18-34-36-31(38)30-28(20-9-4-3-5-10-20)23-12-8-13-24(33)29(23)35-30/h3-18,35H,1-2H3,(H,36,38). The molecule has 42 heavy (non-hydrogen) atoms. The Labute approximate surface area is 254 Å². The van der Waals surface area contributed by atoms with Gasteiger partial charge in [-0.25, -0.2) is 10.2 Å². The number of benzene rings is 4. The minimum atomic E-state index is -0.659. The Bertz CT molecular complexity index is 1830. The summed E-state index contributed by atoms with van der Waals surface area (Å²) in [5.74, 6) is -0.976. The fraction of sp³-hybridized carbons (Fsp3) is 0.0625. The van der Waals surface area contributed by atoms with Crippen LogP contribution in [0.2, 0.25) is 0 Å². The van der Waals surface area contributed by atoms with Crippen LogP contribution in [0.3, 0.4) is 0 Å². The number of hydrogen-bond donors (Lipinski definition) is 2. The van der Waals surface area contributed by atoms with Crippen LogP contribution in [0.1, 0.15) is 33.3 Å². The Morgan fingerprint density at radius 2 is 1.62 bits per heavy atom. The monoisotopic (exact) mass is 673 g/mol. The Hall–Kier alpha value is -4.97. The summed E-state index contributed by atoms with van der Waals surface area (Å²) in [5, 5.41) is 5.07. The summed E-state index contributed by atoms with van der Waals surface area (Å²) >= 11 is 2.23. The zero-order valence-corrected chi connectivity index (χ0v) is 24.7. The lowest BCUT2D eigenvalue weighted by Crippen LogP contribution is -2.19. The molecule has 1 amide bonds. The van der Waals surface area contributed by atoms with Crippen LogP contribution in [-0.4, -0.2) is 36.2 Å². The molecule has 1 heterocycles. The second-order valence-electron chi connectivity index (χ2n) is 8.99. The summed E-state index contributed by atoms with van der Waals surface area (Å²) in [5.41, 5.74) is 6.15. The molecule has 210 valence electrons. The Balaban J connectivity index is 1.36. The van der Waals surface area contributed by atoms with Crippen molar-refractivity contribution < 1.29 is 28.6 Å². The number of amides is 1. The van der Waals surface area contributed by atoms with E-state index in [1.807, 2.05) is 48.5 Å². The summed E-state index contributed by atoms with van der Waals surface area (Å²) < 4.78 is 16.9. The number of carbonyl (C=O) groups is 3. The highest BCUT2D eigenvalue weighted by Crippen LogP contribution is 2.34. The number of ether oxygens (including phenoxy) is 3. The molecule has 5 aromatic rings. The number of nitrogens with one attached hydrogen (secondary N) is 2. The number of aromatic nitrogens is 1. The number of carbonyl (C=O) groups excluding carboxylic acids is 3. The molecule has 5 rings (SSSR count). The van der Waals surface area contributed by atoms with Gasteiger partial charge in [0.1, 0.15) is 11.4 Å². The molecule has 9 nitrogen and oxygen atoms in total. The molecule has 0 saturated heterocycles. The van der Waals surface area contributed by atoms with E-state index < -0.39 is 17.8 Å². The summed E-state index contributed by atoms with van der Waals surface area (Å²) in [6.07, 6.45) is 1.40. The Kier molecular flexibility index (Phi) is 8.63. The van der Waals surface area contributed by atoms with Crippen LogP contribution >= 0.6 is 22.6 Å². The van der Waals surface area contributed by atoms with Crippen LogP contribution in [0.25, 0.3) is 22.0 Å². The second kappa shape index (κ2) is 12.7. The maximum Gasteiger partial charge on any atom is 0.343 e. The number of hydrogen-bond acceptors (Lipinski definition) is 7. The second-order valence-corrected chi connectivity index (χ2v) is 10.2. The zero-order valence-electron chi connectivity index (χ0n) is 22.5. The number of esters is 2. The van der Waals surface area contributed by atoms with E-state index in [0.717, 1.165) is 25.6 Å². The third kappa shape index (κ3) is 6.18. The number of aromatic amines is 1. The van der Waals surface area contributed by atoms with Gasteiger partial charge in [0.05, 0.1) is 24.4 Å². The topological polar surface area (TPSA) is 119 Å². The van der Waals surface area contributed by atoms with Gasteiger partial charge in [0.2, 0.25) is 0 Å². The average molecular weight is 673 g/mol. The van der Waals surface area contributed by atoms with Crippen molar-refractivity contribution >= 4 is 57.6 Å². The third-order valence-electron chi connectivity index (χ3n) is 6.22. The van der Waals surface area contributed by atoms with Crippen molar-refractivity contribution in [2.75, 3.05) is 7.11 Å². The van der Waals surface area contributed by atoms with Crippen LogP contribution in [0.4, 0.5) is 0 Å². The number of H-pyrrole nitrogens is 1. The zero-order chi connectivity index (χ0) is 29.6. The molecule has 1 aromatic heterocycles. The summed E-state index contributed by atoms with van der Waals surface area (Å²) in [6, 6.07) is 26.7. The SMILES string of the molecule is COc1cc(C(=O)Oc2ccccc2C=NNC(=O)c2[nH]c3c(I)cccc3c2-c2ccccc2)ccc1OC(C)=O. The molecular formula is C32H24IN3O6. The van der Waals surface area contributed by atoms with Crippen LogP contribution in [0, 0.1) is 3.57 Å². The molecule has 0 fully saturated rings. The Morgan fingerprint density at radius 1 is 0.857 bits per heavy atom. The smallest absolute Gasteiger partial charge is 0.343 e. The molecule has 0 saturated carbocycles. The van der Waals surface area contributed by atoms with Crippen molar-refractivity contribution in [2.45, 2.75) is 6.92 Å². The van der Waals surface area contributed by atoms with Gasteiger partial charge >= 0.3 is 11.9 Å². The average Bonchev–Trinajstić information content (AvgIpc) is 3.39. The minimum absolute atomic E-state index is 0.185. The molecule has 0 aliphatic carbocycles. The van der Waals surface area contributed by atoms with Crippen LogP contribution < -0.4 is 19.6 Å². The predicted octanol–water partition coefficient (Wildman–Crippen LogP) is 6.36. The van der Waals surface area contributed by atoms with E-state index in [4.69, 9.17) is 14.2 Å². The van der Waals surface area contributed by atoms with Gasteiger partial charge in [-0.1, -0.05) is 54.6 Å². The van der Waals surface area contributed by atoms with Crippen molar-refractivity contribution in [1.29, 1.82) is 0 Å². The first kappa shape index (κ1) is 28.6. The van der Waals surface area contributed by atoms with E-state index >= 15 is 0 Å². The Morgan fingerprint density at radius 3 is 2.38 bits per heavy atom. The molecule has 0 atom stereocenters. The number of methoxy groups -OCH3 is 1. The maximum absolute atomic E-state index is 13.3. The van der Waals surface area contributed by atoms with Crippen LogP contribution in [0.5, 0.6) is 17.2 Å². The number of nitrogens with zero attached hydrogens (tertiary/aromatic N) is 1. The number of halogens is 1. The lowest BCUT2D eigenvalue weighted by Gasteiger charge is -2.11. The highest BCUT2D eigenvalue weighted by Gasteiger charge is 2.20. The van der Waals surface area contributed by atoms with Crippen LogP contribution in [-0.2, 0) is 4.79 Å². The molecule has 0 aliphatic rings. The van der Waals surface area contributed by atoms with Gasteiger partial charge in [-0.2, -0.15) is 5.10 Å². The van der Waals surface area contributed by atoms with Crippen molar-refractivity contribution in [2.24, 2.45) is 5.10 Å². The molecule has 0 bridgehead atoms. The molecule has 2 N–H and O–H groups in total. The van der Waals surface area contributed by atoms with Crippen molar-refractivity contribution in [1.82, 2.24) is 10.4 Å². The molecule has 10 heteroatoms. The minimum Gasteiger partial charge on any atom is -0.493 e. The summed E-state index contributed by atoms with van der Waals surface area (Å²) in [4.78, 5) is 40.8. The van der Waals surface area contributed by atoms with Crippen molar-refractivity contribution in [3.05, 3.63) is 111 Å². The van der Waals surface area contributed by atoms with E-state index in [1.54, 1.807) is 24.3 Å². The summed E-state index contributed by atoms with van der Waals surface area (Å²) in [6.45, 7) is 1.27. The van der Waals surface area contributed by atoms with Gasteiger partial charge in [0.25, 0.3) is 5.91 Å². The molecule has 0 unspecified atom stereocenters. The van der Waals surface area contributed by atoms with Crippen molar-refractivity contribution in [3.8, 4) is 28.4 Å². The summed E-state index contributed by atoms with van der Waals surface area (Å²) in [7, 11) is 1.40. The van der Waals surface area contributed by atoms with E-state index in [9.17, 15) is 14.4 Å². The number of hydrazone groups is 1. The lowest BCUT2D eigenvalue weighted by atomic mass is 10.0. The molecule has 0 aliphatic heterocycles. The van der Waals surface area contributed by atoms with Gasteiger partial charge < -0.3 is 19.2 Å². The third-order valence-corrected chi connectivity index (χ3v) is 7.12. The fourth-order valence-corrected chi connectivity index (χ4v) is 4.98. The van der Waals surface area contributed by atoms with Gasteiger partial charge in [-0.15, -0.1) is 0 Å². The van der Waals surface area contributed by atoms with Crippen LogP contribution in [0.15, 0.2) is 96.1 Å². The quantitative estimate of drug-likeness (QED) is 0.0651. The van der Waals surface area contributed by atoms with E-state index in [1.165, 1.54) is 38.4 Å². The van der Waals surface area contributed by atoms with Crippen molar-refractivity contribution in [3.63, 3.8) is 0 Å². The first-order chi connectivity index (χ1) is 20.4. The first-order valence-corrected chi connectivity index (χ1v) is 13.8. The molecular weight excluding hydrogens is 649 g/mol. The number of rotatable bonds is 8. The van der Waals surface area contributed by atoms with Gasteiger partial charge in [0, 0.05) is 27.0 Å². The number of fused-ring (bicyclic) bond motifs is 1. The van der Waals surface area contributed by atoms with Gasteiger partial charge in [0.15, 0.2) is 11.5 Å². The molecule has 0 radical (unpaired) electrons.